The zero-order chi connectivity index (χ0) is 20.7. The third-order valence-corrected chi connectivity index (χ3v) is 5.68. The summed E-state index contributed by atoms with van der Waals surface area (Å²) in [6.07, 6.45) is -1.24. The number of carbonyl (C=O) groups is 2. The number of nitrogens with one attached hydrogen (secondary N) is 1. The molecule has 0 fully saturated rings. The van der Waals surface area contributed by atoms with Crippen LogP contribution in [0.5, 0.6) is 0 Å². The summed E-state index contributed by atoms with van der Waals surface area (Å²) in [4.78, 5) is 28.7. The number of amides is 2. The molecule has 3 aromatic rings. The summed E-state index contributed by atoms with van der Waals surface area (Å²) in [6, 6.07) is 0.482. The molecule has 0 aliphatic carbocycles. The number of thiophene rings is 1. The second kappa shape index (κ2) is 7.44. The van der Waals surface area contributed by atoms with Crippen molar-refractivity contribution in [3.05, 3.63) is 39.1 Å². The number of nitrogens with two attached hydrogens (primary N) is 1. The molecule has 1 atom stereocenters. The van der Waals surface area contributed by atoms with E-state index in [1.165, 1.54) is 16.9 Å². The lowest BCUT2D eigenvalue weighted by Crippen LogP contribution is -2.25. The number of aryl methyl sites for hydroxylation is 2. The number of pyridine rings is 1. The quantitative estimate of drug-likeness (QED) is 0.642. The molecule has 0 saturated heterocycles. The molecule has 3 rings (SSSR count). The van der Waals surface area contributed by atoms with Gasteiger partial charge in [-0.25, -0.2) is 13.8 Å². The van der Waals surface area contributed by atoms with Crippen LogP contribution in [0.1, 0.15) is 46.0 Å². The molecule has 3 aromatic heterocycles. The van der Waals surface area contributed by atoms with Gasteiger partial charge in [-0.05, 0) is 32.4 Å². The van der Waals surface area contributed by atoms with E-state index in [2.05, 4.69) is 15.4 Å². The Morgan fingerprint density at radius 3 is 2.57 bits per heavy atom. The molecule has 0 aliphatic heterocycles. The van der Waals surface area contributed by atoms with Gasteiger partial charge in [0.1, 0.15) is 21.4 Å². The largest absolute Gasteiger partial charge is 0.365 e. The molecular formula is C17H16ClF2N5O2S. The van der Waals surface area contributed by atoms with Crippen LogP contribution in [0.3, 0.4) is 0 Å². The van der Waals surface area contributed by atoms with E-state index < -0.39 is 30.0 Å². The molecule has 0 bridgehead atoms. The highest BCUT2D eigenvalue weighted by Gasteiger charge is 2.25. The highest BCUT2D eigenvalue weighted by molar-refractivity contribution is 7.21. The van der Waals surface area contributed by atoms with Crippen LogP contribution in [-0.4, -0.2) is 26.6 Å². The van der Waals surface area contributed by atoms with Gasteiger partial charge >= 0.3 is 0 Å². The van der Waals surface area contributed by atoms with Crippen molar-refractivity contribution in [3.63, 3.8) is 0 Å². The molecule has 0 aliphatic rings. The van der Waals surface area contributed by atoms with Gasteiger partial charge < -0.3 is 11.1 Å². The van der Waals surface area contributed by atoms with E-state index >= 15 is 0 Å². The van der Waals surface area contributed by atoms with Crippen molar-refractivity contribution < 1.29 is 18.4 Å². The van der Waals surface area contributed by atoms with Crippen molar-refractivity contribution in [2.75, 3.05) is 5.32 Å². The van der Waals surface area contributed by atoms with Gasteiger partial charge in [0, 0.05) is 11.6 Å². The number of primary amides is 1. The number of anilines is 1. The molecule has 0 saturated carbocycles. The summed E-state index contributed by atoms with van der Waals surface area (Å²) in [5.74, 6) is -1.26. The molecular weight excluding hydrogens is 412 g/mol. The molecule has 0 radical (unpaired) electrons. The normalized spacial score (nSPS) is 12.5. The maximum atomic E-state index is 13.0. The SMILES string of the molecule is Cc1nn(C(C)C(=O)Nc2c(C(N)=O)sc3nc(C(F)F)cc(C)c23)cc1Cl. The number of carbonyl (C=O) groups excluding carboxylic acids is 2. The molecule has 3 heterocycles. The minimum Gasteiger partial charge on any atom is -0.365 e. The van der Waals surface area contributed by atoms with Gasteiger partial charge in [0.25, 0.3) is 12.3 Å². The summed E-state index contributed by atoms with van der Waals surface area (Å²) in [5, 5.41) is 7.65. The Kier molecular flexibility index (Phi) is 5.35. The van der Waals surface area contributed by atoms with Crippen LogP contribution in [0.15, 0.2) is 12.3 Å². The first kappa shape index (κ1) is 20.2. The molecule has 1 unspecified atom stereocenters. The number of halogens is 3. The molecule has 0 aromatic carbocycles. The number of nitrogens with zero attached hydrogens (tertiary/aromatic N) is 3. The summed E-state index contributed by atoms with van der Waals surface area (Å²) >= 11 is 6.84. The van der Waals surface area contributed by atoms with Gasteiger partial charge in [-0.15, -0.1) is 11.3 Å². The second-order valence-corrected chi connectivity index (χ2v) is 7.63. The zero-order valence-corrected chi connectivity index (χ0v) is 16.7. The zero-order valence-electron chi connectivity index (χ0n) is 15.1. The Morgan fingerprint density at radius 2 is 2.04 bits per heavy atom. The Balaban J connectivity index is 2.04. The highest BCUT2D eigenvalue weighted by atomic mass is 35.5. The topological polar surface area (TPSA) is 103 Å². The standard InChI is InChI=1S/C17H16ClF2N5O2S/c1-6-4-10(14(19)20)22-17-11(6)12(13(28-17)15(21)26)23-16(27)8(3)25-5-9(18)7(2)24-25/h4-5,8,14H,1-3H3,(H2,21,26)(H,23,27). The van der Waals surface area contributed by atoms with Gasteiger partial charge in [-0.2, -0.15) is 5.10 Å². The molecule has 148 valence electrons. The van der Waals surface area contributed by atoms with Gasteiger partial charge in [0.2, 0.25) is 5.91 Å². The molecule has 11 heteroatoms. The van der Waals surface area contributed by atoms with Crippen molar-refractivity contribution in [3.8, 4) is 0 Å². The number of alkyl halides is 2. The Labute approximate surface area is 167 Å². The molecule has 28 heavy (non-hydrogen) atoms. The van der Waals surface area contributed by atoms with Crippen LogP contribution < -0.4 is 11.1 Å². The number of hydrogen-bond acceptors (Lipinski definition) is 5. The third-order valence-electron chi connectivity index (χ3n) is 4.21. The van der Waals surface area contributed by atoms with E-state index in [1.807, 2.05) is 0 Å². The lowest BCUT2D eigenvalue weighted by molar-refractivity contribution is -0.119. The van der Waals surface area contributed by atoms with E-state index in [4.69, 9.17) is 17.3 Å². The third kappa shape index (κ3) is 3.57. The average Bonchev–Trinajstić information content (AvgIpc) is 3.15. The smallest absolute Gasteiger partial charge is 0.280 e. The van der Waals surface area contributed by atoms with Crippen LogP contribution in [0.2, 0.25) is 5.02 Å². The number of fused-ring (bicyclic) bond motifs is 1. The summed E-state index contributed by atoms with van der Waals surface area (Å²) in [5.41, 5.74) is 6.19. The maximum Gasteiger partial charge on any atom is 0.280 e. The van der Waals surface area contributed by atoms with Crippen molar-refractivity contribution in [1.29, 1.82) is 0 Å². The highest BCUT2D eigenvalue weighted by Crippen LogP contribution is 2.38. The molecule has 0 spiro atoms. The van der Waals surface area contributed by atoms with E-state index in [0.717, 1.165) is 11.3 Å². The Hall–Kier alpha value is -2.59. The van der Waals surface area contributed by atoms with E-state index in [9.17, 15) is 18.4 Å². The van der Waals surface area contributed by atoms with Gasteiger partial charge in [-0.3, -0.25) is 14.3 Å². The van der Waals surface area contributed by atoms with Crippen LogP contribution in [0.4, 0.5) is 14.5 Å². The fourth-order valence-electron chi connectivity index (χ4n) is 2.72. The molecule has 2 amide bonds. The van der Waals surface area contributed by atoms with Gasteiger partial charge in [0.05, 0.1) is 16.4 Å². The van der Waals surface area contributed by atoms with Crippen molar-refractivity contribution in [2.45, 2.75) is 33.2 Å². The lowest BCUT2D eigenvalue weighted by atomic mass is 10.1. The number of rotatable bonds is 5. The predicted molar refractivity (Wildman–Crippen MR) is 103 cm³/mol. The van der Waals surface area contributed by atoms with Crippen LogP contribution in [-0.2, 0) is 4.79 Å². The van der Waals surface area contributed by atoms with Gasteiger partial charge in [0.15, 0.2) is 0 Å². The monoisotopic (exact) mass is 427 g/mol. The minimum absolute atomic E-state index is 0.0345. The fourth-order valence-corrected chi connectivity index (χ4v) is 3.92. The summed E-state index contributed by atoms with van der Waals surface area (Å²) < 4.78 is 27.5. The predicted octanol–water partition coefficient (Wildman–Crippen LogP) is 4.00. The second-order valence-electron chi connectivity index (χ2n) is 6.22. The van der Waals surface area contributed by atoms with E-state index in [-0.39, 0.29) is 15.4 Å². The lowest BCUT2D eigenvalue weighted by Gasteiger charge is -2.13. The number of hydrogen-bond donors (Lipinski definition) is 2. The van der Waals surface area contributed by atoms with Crippen LogP contribution >= 0.6 is 22.9 Å². The van der Waals surface area contributed by atoms with E-state index in [0.29, 0.717) is 21.7 Å². The first-order valence-electron chi connectivity index (χ1n) is 8.14. The van der Waals surface area contributed by atoms with Crippen LogP contribution in [0.25, 0.3) is 10.2 Å². The molecule has 3 N–H and O–H groups in total. The Morgan fingerprint density at radius 1 is 1.36 bits per heavy atom. The van der Waals surface area contributed by atoms with Crippen molar-refractivity contribution in [1.82, 2.24) is 14.8 Å². The van der Waals surface area contributed by atoms with Crippen molar-refractivity contribution in [2.24, 2.45) is 5.73 Å². The maximum absolute atomic E-state index is 13.0. The van der Waals surface area contributed by atoms with Crippen LogP contribution in [0, 0.1) is 13.8 Å². The summed E-state index contributed by atoms with van der Waals surface area (Å²) in [7, 11) is 0. The van der Waals surface area contributed by atoms with Crippen molar-refractivity contribution >= 4 is 50.7 Å². The summed E-state index contributed by atoms with van der Waals surface area (Å²) in [6.45, 7) is 4.91. The first-order valence-corrected chi connectivity index (χ1v) is 9.33. The molecule has 7 nitrogen and oxygen atoms in total. The van der Waals surface area contributed by atoms with E-state index in [1.54, 1.807) is 20.8 Å². The fraction of sp³-hybridized carbons (Fsp3) is 0.294. The average molecular weight is 428 g/mol. The van der Waals surface area contributed by atoms with Gasteiger partial charge in [-0.1, -0.05) is 11.6 Å². The number of aromatic nitrogens is 3. The minimum atomic E-state index is -2.76. The first-order chi connectivity index (χ1) is 13.1. The Bertz CT molecular complexity index is 1080.